The minimum absolute atomic E-state index is 0.00522. The van der Waals surface area contributed by atoms with Gasteiger partial charge in [-0.2, -0.15) is 0 Å². The summed E-state index contributed by atoms with van der Waals surface area (Å²) < 4.78 is 5.70. The third-order valence-electron chi connectivity index (χ3n) is 3.44. The molecule has 0 saturated heterocycles. The number of fused-ring (bicyclic) bond motifs is 1. The fourth-order valence-corrected chi connectivity index (χ4v) is 2.42. The first-order valence-electron chi connectivity index (χ1n) is 6.77. The summed E-state index contributed by atoms with van der Waals surface area (Å²) in [6.07, 6.45) is 5.06. The van der Waals surface area contributed by atoms with Crippen molar-refractivity contribution in [1.29, 1.82) is 0 Å². The second kappa shape index (κ2) is 5.74. The Morgan fingerprint density at radius 2 is 2.00 bits per heavy atom. The highest BCUT2D eigenvalue weighted by molar-refractivity contribution is 5.94. The molecule has 1 N–H and O–H groups in total. The quantitative estimate of drug-likeness (QED) is 0.911. The highest BCUT2D eigenvalue weighted by Crippen LogP contribution is 2.31. The number of pyridine rings is 1. The van der Waals surface area contributed by atoms with Gasteiger partial charge in [-0.15, -0.1) is 0 Å². The summed E-state index contributed by atoms with van der Waals surface area (Å²) in [5.41, 5.74) is 1.68. The van der Waals surface area contributed by atoms with Crippen LogP contribution in [0, 0.1) is 0 Å². The lowest BCUT2D eigenvalue weighted by Crippen LogP contribution is -2.28. The molecule has 0 fully saturated rings. The van der Waals surface area contributed by atoms with Crippen LogP contribution in [0.4, 0.5) is 0 Å². The molecule has 0 aliphatic carbocycles. The zero-order chi connectivity index (χ0) is 13.8. The molecule has 1 aromatic carbocycles. The molecule has 1 aliphatic rings. The predicted octanol–water partition coefficient (Wildman–Crippen LogP) is 2.73. The van der Waals surface area contributed by atoms with Crippen molar-refractivity contribution in [2.75, 3.05) is 6.61 Å². The molecule has 2 aromatic rings. The normalized spacial score (nSPS) is 17.5. The van der Waals surface area contributed by atoms with E-state index in [9.17, 15) is 4.79 Å². The smallest absolute Gasteiger partial charge is 0.251 e. The van der Waals surface area contributed by atoms with Crippen molar-refractivity contribution in [2.45, 2.75) is 18.9 Å². The zero-order valence-electron chi connectivity index (χ0n) is 11.1. The van der Waals surface area contributed by atoms with E-state index >= 15 is 0 Å². The van der Waals surface area contributed by atoms with Crippen LogP contribution in [-0.2, 0) is 0 Å². The Bertz CT molecular complexity index is 598. The minimum atomic E-state index is -0.0749. The number of hydrogen-bond donors (Lipinski definition) is 1. The molecule has 1 unspecified atom stereocenters. The Morgan fingerprint density at radius 1 is 1.20 bits per heavy atom. The summed E-state index contributed by atoms with van der Waals surface area (Å²) in [5, 5.41) is 3.08. The molecule has 1 aliphatic heterocycles. The van der Waals surface area contributed by atoms with Gasteiger partial charge in [0.1, 0.15) is 5.75 Å². The maximum absolute atomic E-state index is 12.3. The molecule has 4 heteroatoms. The Labute approximate surface area is 117 Å². The Hall–Kier alpha value is -2.36. The summed E-state index contributed by atoms with van der Waals surface area (Å²) in [4.78, 5) is 16.2. The molecule has 2 heterocycles. The van der Waals surface area contributed by atoms with Gasteiger partial charge in [0.15, 0.2) is 0 Å². The van der Waals surface area contributed by atoms with Gasteiger partial charge >= 0.3 is 0 Å². The molecule has 1 amide bonds. The van der Waals surface area contributed by atoms with E-state index in [1.165, 1.54) is 0 Å². The number of benzene rings is 1. The average Bonchev–Trinajstić information content (AvgIpc) is 2.71. The summed E-state index contributed by atoms with van der Waals surface area (Å²) in [5.74, 6) is 0.791. The first-order chi connectivity index (χ1) is 9.84. The molecular weight excluding hydrogens is 252 g/mol. The van der Waals surface area contributed by atoms with Crippen molar-refractivity contribution in [1.82, 2.24) is 10.3 Å². The van der Waals surface area contributed by atoms with Crippen LogP contribution in [-0.4, -0.2) is 17.5 Å². The lowest BCUT2D eigenvalue weighted by molar-refractivity contribution is 0.0934. The summed E-state index contributed by atoms with van der Waals surface area (Å²) >= 11 is 0. The molecule has 0 saturated carbocycles. The average molecular weight is 268 g/mol. The second-order valence-corrected chi connectivity index (χ2v) is 4.79. The van der Waals surface area contributed by atoms with Gasteiger partial charge in [-0.3, -0.25) is 9.78 Å². The standard InChI is InChI=1S/C16H16N2O2/c19-16(12-7-9-17-10-8-12)18-14-5-3-11-20-15-6-2-1-4-13(14)15/h1-2,4,6-10,14H,3,5,11H2,(H,18,19). The van der Waals surface area contributed by atoms with Gasteiger partial charge in [-0.1, -0.05) is 18.2 Å². The first-order valence-corrected chi connectivity index (χ1v) is 6.77. The topological polar surface area (TPSA) is 51.2 Å². The number of nitrogens with one attached hydrogen (secondary N) is 1. The second-order valence-electron chi connectivity index (χ2n) is 4.79. The highest BCUT2D eigenvalue weighted by Gasteiger charge is 2.21. The predicted molar refractivity (Wildman–Crippen MR) is 75.6 cm³/mol. The summed E-state index contributed by atoms with van der Waals surface area (Å²) in [6, 6.07) is 11.3. The van der Waals surface area contributed by atoms with Crippen molar-refractivity contribution in [3.8, 4) is 5.75 Å². The van der Waals surface area contributed by atoms with Gasteiger partial charge in [0.25, 0.3) is 5.91 Å². The van der Waals surface area contributed by atoms with Crippen LogP contribution < -0.4 is 10.1 Å². The number of para-hydroxylation sites is 1. The van der Waals surface area contributed by atoms with Gasteiger partial charge in [0.2, 0.25) is 0 Å². The Balaban J connectivity index is 1.82. The molecule has 4 nitrogen and oxygen atoms in total. The van der Waals surface area contributed by atoms with E-state index in [2.05, 4.69) is 10.3 Å². The molecule has 3 rings (SSSR count). The van der Waals surface area contributed by atoms with Crippen molar-refractivity contribution in [3.63, 3.8) is 0 Å². The lowest BCUT2D eigenvalue weighted by Gasteiger charge is -2.18. The van der Waals surface area contributed by atoms with Crippen LogP contribution in [0.5, 0.6) is 5.75 Å². The minimum Gasteiger partial charge on any atom is -0.493 e. The largest absolute Gasteiger partial charge is 0.493 e. The van der Waals surface area contributed by atoms with E-state index in [4.69, 9.17) is 4.74 Å². The SMILES string of the molecule is O=C(NC1CCCOc2ccccc21)c1ccncc1. The molecule has 1 aromatic heterocycles. The van der Waals surface area contributed by atoms with Gasteiger partial charge in [-0.25, -0.2) is 0 Å². The molecule has 0 spiro atoms. The maximum atomic E-state index is 12.3. The van der Waals surface area contributed by atoms with Crippen molar-refractivity contribution >= 4 is 5.91 Å². The number of aromatic nitrogens is 1. The van der Waals surface area contributed by atoms with Gasteiger partial charge in [-0.05, 0) is 31.0 Å². The number of nitrogens with zero attached hydrogens (tertiary/aromatic N) is 1. The van der Waals surface area contributed by atoms with Crippen molar-refractivity contribution in [3.05, 3.63) is 59.9 Å². The molecular formula is C16H16N2O2. The fourth-order valence-electron chi connectivity index (χ4n) is 2.42. The van der Waals surface area contributed by atoms with Crippen molar-refractivity contribution in [2.24, 2.45) is 0 Å². The van der Waals surface area contributed by atoms with Crippen LogP contribution in [0.25, 0.3) is 0 Å². The molecule has 20 heavy (non-hydrogen) atoms. The van der Waals surface area contributed by atoms with E-state index in [0.29, 0.717) is 12.2 Å². The molecule has 0 radical (unpaired) electrons. The number of ether oxygens (including phenoxy) is 1. The van der Waals surface area contributed by atoms with Crippen LogP contribution in [0.1, 0.15) is 34.8 Å². The monoisotopic (exact) mass is 268 g/mol. The Kier molecular flexibility index (Phi) is 3.63. The van der Waals surface area contributed by atoms with E-state index < -0.39 is 0 Å². The van der Waals surface area contributed by atoms with Crippen LogP contribution in [0.15, 0.2) is 48.8 Å². The number of rotatable bonds is 2. The highest BCUT2D eigenvalue weighted by atomic mass is 16.5. The fraction of sp³-hybridized carbons (Fsp3) is 0.250. The van der Waals surface area contributed by atoms with E-state index in [-0.39, 0.29) is 11.9 Å². The van der Waals surface area contributed by atoms with Gasteiger partial charge in [0, 0.05) is 23.5 Å². The number of hydrogen-bond acceptors (Lipinski definition) is 3. The van der Waals surface area contributed by atoms with Crippen LogP contribution in [0.3, 0.4) is 0 Å². The third-order valence-corrected chi connectivity index (χ3v) is 3.44. The number of carbonyl (C=O) groups is 1. The zero-order valence-corrected chi connectivity index (χ0v) is 11.1. The first kappa shape index (κ1) is 12.7. The van der Waals surface area contributed by atoms with E-state index in [0.717, 1.165) is 24.2 Å². The van der Waals surface area contributed by atoms with Gasteiger partial charge in [0.05, 0.1) is 12.6 Å². The Morgan fingerprint density at radius 3 is 2.85 bits per heavy atom. The molecule has 0 bridgehead atoms. The van der Waals surface area contributed by atoms with Crippen molar-refractivity contribution < 1.29 is 9.53 Å². The molecule has 102 valence electrons. The van der Waals surface area contributed by atoms with Crippen LogP contribution >= 0.6 is 0 Å². The molecule has 1 atom stereocenters. The van der Waals surface area contributed by atoms with E-state index in [1.54, 1.807) is 24.5 Å². The van der Waals surface area contributed by atoms with Crippen LogP contribution in [0.2, 0.25) is 0 Å². The van der Waals surface area contributed by atoms with Gasteiger partial charge < -0.3 is 10.1 Å². The summed E-state index contributed by atoms with van der Waals surface area (Å²) in [6.45, 7) is 0.693. The maximum Gasteiger partial charge on any atom is 0.251 e. The lowest BCUT2D eigenvalue weighted by atomic mass is 10.0. The number of carbonyl (C=O) groups excluding carboxylic acids is 1. The van der Waals surface area contributed by atoms with E-state index in [1.807, 2.05) is 24.3 Å². The number of amides is 1. The third kappa shape index (κ3) is 2.64. The summed E-state index contributed by atoms with van der Waals surface area (Å²) in [7, 11) is 0.